The van der Waals surface area contributed by atoms with Crippen LogP contribution < -0.4 is 9.62 Å². The Morgan fingerprint density at radius 2 is 2.04 bits per heavy atom. The SMILES string of the molecule is Cc1ccc(S(=O)(=O)NCC2CCCN(c3cccc(C#N)n3)C2)cc1. The van der Waals surface area contributed by atoms with Gasteiger partial charge in [-0.15, -0.1) is 0 Å². The number of nitriles is 1. The molecule has 2 aromatic rings. The van der Waals surface area contributed by atoms with Gasteiger partial charge in [0.25, 0.3) is 0 Å². The van der Waals surface area contributed by atoms with Gasteiger partial charge in [0.1, 0.15) is 17.6 Å². The first-order valence-corrected chi connectivity index (χ1v) is 10.1. The highest BCUT2D eigenvalue weighted by atomic mass is 32.2. The van der Waals surface area contributed by atoms with E-state index in [-0.39, 0.29) is 5.92 Å². The summed E-state index contributed by atoms with van der Waals surface area (Å²) in [6, 6.07) is 14.3. The predicted octanol–water partition coefficient (Wildman–Crippen LogP) is 2.46. The number of aryl methyl sites for hydroxylation is 1. The lowest BCUT2D eigenvalue weighted by atomic mass is 9.98. The van der Waals surface area contributed by atoms with Crippen molar-refractivity contribution in [1.82, 2.24) is 9.71 Å². The molecule has 0 aliphatic carbocycles. The van der Waals surface area contributed by atoms with Gasteiger partial charge >= 0.3 is 0 Å². The van der Waals surface area contributed by atoms with Crippen LogP contribution in [0.1, 0.15) is 24.1 Å². The lowest BCUT2D eigenvalue weighted by molar-refractivity contribution is 0.409. The second-order valence-corrected chi connectivity index (χ2v) is 8.38. The van der Waals surface area contributed by atoms with Crippen molar-refractivity contribution in [1.29, 1.82) is 5.26 Å². The average Bonchev–Trinajstić information content (AvgIpc) is 2.67. The average molecular weight is 370 g/mol. The Labute approximate surface area is 154 Å². The highest BCUT2D eigenvalue weighted by Crippen LogP contribution is 2.22. The third-order valence-corrected chi connectivity index (χ3v) is 6.02. The minimum absolute atomic E-state index is 0.205. The summed E-state index contributed by atoms with van der Waals surface area (Å²) in [5, 5.41) is 9.00. The molecule has 1 aliphatic heterocycles. The molecule has 1 aromatic heterocycles. The third-order valence-electron chi connectivity index (χ3n) is 4.59. The van der Waals surface area contributed by atoms with Crippen molar-refractivity contribution in [2.45, 2.75) is 24.7 Å². The third kappa shape index (κ3) is 4.40. The number of pyridine rings is 1. The zero-order valence-electron chi connectivity index (χ0n) is 14.7. The smallest absolute Gasteiger partial charge is 0.240 e. The monoisotopic (exact) mass is 370 g/mol. The van der Waals surface area contributed by atoms with Crippen LogP contribution in [0.5, 0.6) is 0 Å². The molecule has 0 spiro atoms. The summed E-state index contributed by atoms with van der Waals surface area (Å²) in [4.78, 5) is 6.75. The maximum Gasteiger partial charge on any atom is 0.240 e. The van der Waals surface area contributed by atoms with Gasteiger partial charge in [-0.25, -0.2) is 18.1 Å². The molecule has 6 nitrogen and oxygen atoms in total. The molecule has 0 bridgehead atoms. The zero-order valence-corrected chi connectivity index (χ0v) is 15.5. The first kappa shape index (κ1) is 18.4. The number of piperidine rings is 1. The second kappa shape index (κ2) is 7.85. The summed E-state index contributed by atoms with van der Waals surface area (Å²) in [5.41, 5.74) is 1.42. The number of sulfonamides is 1. The number of hydrogen-bond donors (Lipinski definition) is 1. The lowest BCUT2D eigenvalue weighted by Gasteiger charge is -2.33. The summed E-state index contributed by atoms with van der Waals surface area (Å²) in [6.45, 7) is 3.90. The van der Waals surface area contributed by atoms with E-state index in [2.05, 4.69) is 20.7 Å². The number of benzene rings is 1. The summed E-state index contributed by atoms with van der Waals surface area (Å²) >= 11 is 0. The van der Waals surface area contributed by atoms with Crippen LogP contribution in [0.15, 0.2) is 47.4 Å². The van der Waals surface area contributed by atoms with Crippen molar-refractivity contribution in [2.75, 3.05) is 24.5 Å². The van der Waals surface area contributed by atoms with E-state index in [4.69, 9.17) is 5.26 Å². The number of nitrogens with one attached hydrogen (secondary N) is 1. The molecule has 26 heavy (non-hydrogen) atoms. The molecule has 3 rings (SSSR count). The molecule has 1 fully saturated rings. The molecule has 2 heterocycles. The van der Waals surface area contributed by atoms with Gasteiger partial charge in [0.05, 0.1) is 4.90 Å². The Hall–Kier alpha value is -2.43. The minimum atomic E-state index is -3.50. The van der Waals surface area contributed by atoms with Crippen LogP contribution in [0.25, 0.3) is 0 Å². The topological polar surface area (TPSA) is 86.1 Å². The van der Waals surface area contributed by atoms with Gasteiger partial charge in [-0.2, -0.15) is 5.26 Å². The summed E-state index contributed by atoms with van der Waals surface area (Å²) in [6.07, 6.45) is 1.93. The molecule has 1 N–H and O–H groups in total. The normalized spacial score (nSPS) is 17.7. The van der Waals surface area contributed by atoms with Crippen LogP contribution in [0.3, 0.4) is 0 Å². The molecule has 1 aromatic carbocycles. The summed E-state index contributed by atoms with van der Waals surface area (Å²) in [7, 11) is -3.50. The molecule has 1 saturated heterocycles. The van der Waals surface area contributed by atoms with Crippen LogP contribution >= 0.6 is 0 Å². The van der Waals surface area contributed by atoms with Gasteiger partial charge in [0.2, 0.25) is 10.0 Å². The van der Waals surface area contributed by atoms with E-state index in [1.165, 1.54) is 0 Å². The first-order chi connectivity index (χ1) is 12.5. The largest absolute Gasteiger partial charge is 0.356 e. The zero-order chi connectivity index (χ0) is 18.6. The quantitative estimate of drug-likeness (QED) is 0.874. The van der Waals surface area contributed by atoms with E-state index >= 15 is 0 Å². The van der Waals surface area contributed by atoms with Gasteiger partial charge in [0, 0.05) is 19.6 Å². The van der Waals surface area contributed by atoms with E-state index in [1.54, 1.807) is 30.3 Å². The van der Waals surface area contributed by atoms with Gasteiger partial charge in [-0.3, -0.25) is 0 Å². The summed E-state index contributed by atoms with van der Waals surface area (Å²) in [5.74, 6) is 0.978. The second-order valence-electron chi connectivity index (χ2n) is 6.61. The van der Waals surface area contributed by atoms with E-state index in [0.29, 0.717) is 17.1 Å². The van der Waals surface area contributed by atoms with Crippen molar-refractivity contribution in [3.8, 4) is 6.07 Å². The number of rotatable bonds is 5. The van der Waals surface area contributed by atoms with Crippen LogP contribution in [0.4, 0.5) is 5.82 Å². The molecule has 0 radical (unpaired) electrons. The van der Waals surface area contributed by atoms with Crippen molar-refractivity contribution in [2.24, 2.45) is 5.92 Å². The minimum Gasteiger partial charge on any atom is -0.356 e. The van der Waals surface area contributed by atoms with Crippen molar-refractivity contribution >= 4 is 15.8 Å². The fourth-order valence-corrected chi connectivity index (χ4v) is 4.25. The standard InChI is InChI=1S/C19H22N4O2S/c1-15-7-9-18(10-8-15)26(24,25)21-13-16-4-3-11-23(14-16)19-6-2-5-17(12-20)22-19/h2,5-10,16,21H,3-4,11,13-14H2,1H3. The number of aromatic nitrogens is 1. The highest BCUT2D eigenvalue weighted by molar-refractivity contribution is 7.89. The number of hydrogen-bond acceptors (Lipinski definition) is 5. The molecule has 7 heteroatoms. The predicted molar refractivity (Wildman–Crippen MR) is 100 cm³/mol. The molecule has 1 aliphatic rings. The van der Waals surface area contributed by atoms with Crippen LogP contribution in [-0.4, -0.2) is 33.0 Å². The highest BCUT2D eigenvalue weighted by Gasteiger charge is 2.23. The fraction of sp³-hybridized carbons (Fsp3) is 0.368. The Balaban J connectivity index is 1.63. The van der Waals surface area contributed by atoms with E-state index in [1.807, 2.05) is 19.1 Å². The molecule has 0 saturated carbocycles. The maximum absolute atomic E-state index is 12.4. The fourth-order valence-electron chi connectivity index (χ4n) is 3.13. The Kier molecular flexibility index (Phi) is 5.55. The number of nitrogens with zero attached hydrogens (tertiary/aromatic N) is 3. The molecule has 1 atom stereocenters. The van der Waals surface area contributed by atoms with Gasteiger partial charge in [-0.1, -0.05) is 23.8 Å². The van der Waals surface area contributed by atoms with Gasteiger partial charge < -0.3 is 4.90 Å². The molecule has 1 unspecified atom stereocenters. The maximum atomic E-state index is 12.4. The van der Waals surface area contributed by atoms with Crippen LogP contribution in [0, 0.1) is 24.2 Å². The van der Waals surface area contributed by atoms with E-state index in [0.717, 1.165) is 37.3 Å². The van der Waals surface area contributed by atoms with Crippen molar-refractivity contribution in [3.05, 3.63) is 53.7 Å². The van der Waals surface area contributed by atoms with Gasteiger partial charge in [-0.05, 0) is 49.9 Å². The Bertz CT molecular complexity index is 904. The Morgan fingerprint density at radius 1 is 1.27 bits per heavy atom. The molecule has 136 valence electrons. The van der Waals surface area contributed by atoms with Crippen molar-refractivity contribution < 1.29 is 8.42 Å². The first-order valence-electron chi connectivity index (χ1n) is 8.66. The molecule has 0 amide bonds. The van der Waals surface area contributed by atoms with Crippen LogP contribution in [0.2, 0.25) is 0 Å². The van der Waals surface area contributed by atoms with E-state index in [9.17, 15) is 8.42 Å². The van der Waals surface area contributed by atoms with Crippen molar-refractivity contribution in [3.63, 3.8) is 0 Å². The number of anilines is 1. The summed E-state index contributed by atoms with van der Waals surface area (Å²) < 4.78 is 27.6. The van der Waals surface area contributed by atoms with Gasteiger partial charge in [0.15, 0.2) is 0 Å². The lowest BCUT2D eigenvalue weighted by Crippen LogP contribution is -2.41. The Morgan fingerprint density at radius 3 is 2.77 bits per heavy atom. The van der Waals surface area contributed by atoms with Crippen LogP contribution in [-0.2, 0) is 10.0 Å². The molecular formula is C19H22N4O2S. The molecular weight excluding hydrogens is 348 g/mol. The van der Waals surface area contributed by atoms with E-state index < -0.39 is 10.0 Å².